The third-order valence-electron chi connectivity index (χ3n) is 5.60. The van der Waals surface area contributed by atoms with Crippen LogP contribution < -0.4 is 0 Å². The van der Waals surface area contributed by atoms with Gasteiger partial charge < -0.3 is 19.6 Å². The Kier molecular flexibility index (Phi) is 5.39. The molecule has 2 fully saturated rings. The summed E-state index contributed by atoms with van der Waals surface area (Å²) >= 11 is 0. The molecule has 7 heteroatoms. The topological polar surface area (TPSA) is 87.2 Å². The average molecular weight is 374 g/mol. The van der Waals surface area contributed by atoms with Crippen molar-refractivity contribution in [2.24, 2.45) is 11.3 Å². The van der Waals surface area contributed by atoms with E-state index in [-0.39, 0.29) is 25.0 Å². The van der Waals surface area contributed by atoms with Gasteiger partial charge in [0, 0.05) is 19.6 Å². The van der Waals surface area contributed by atoms with Crippen molar-refractivity contribution in [2.45, 2.75) is 39.3 Å². The number of hydrogen-bond acceptors (Lipinski definition) is 4. The zero-order valence-electron chi connectivity index (χ0n) is 15.8. The Bertz CT molecular complexity index is 720. The first-order valence-electron chi connectivity index (χ1n) is 9.33. The summed E-state index contributed by atoms with van der Waals surface area (Å²) in [5, 5.41) is 9.20. The van der Waals surface area contributed by atoms with Gasteiger partial charge in [-0.3, -0.25) is 4.79 Å². The highest BCUT2D eigenvalue weighted by Crippen LogP contribution is 2.42. The summed E-state index contributed by atoms with van der Waals surface area (Å²) in [5.74, 6) is -0.627. The second kappa shape index (κ2) is 7.58. The molecule has 2 aliphatic heterocycles. The summed E-state index contributed by atoms with van der Waals surface area (Å²) in [6.45, 7) is 4.98. The van der Waals surface area contributed by atoms with Gasteiger partial charge in [0.15, 0.2) is 0 Å². The number of carbonyl (C=O) groups excluding carboxylic acids is 2. The Morgan fingerprint density at radius 2 is 1.85 bits per heavy atom. The summed E-state index contributed by atoms with van der Waals surface area (Å²) in [6.07, 6.45) is 0.0874. The maximum Gasteiger partial charge on any atom is 0.407 e. The van der Waals surface area contributed by atoms with Crippen LogP contribution in [0.25, 0.3) is 0 Å². The van der Waals surface area contributed by atoms with Crippen LogP contribution in [0.4, 0.5) is 4.79 Å². The maximum atomic E-state index is 13.1. The fourth-order valence-electron chi connectivity index (χ4n) is 4.10. The van der Waals surface area contributed by atoms with Crippen LogP contribution in [0.15, 0.2) is 30.3 Å². The molecular weight excluding hydrogens is 348 g/mol. The molecule has 0 radical (unpaired) electrons. The normalized spacial score (nSPS) is 23.3. The van der Waals surface area contributed by atoms with Crippen molar-refractivity contribution in [2.75, 3.05) is 19.6 Å². The molecule has 1 aromatic rings. The van der Waals surface area contributed by atoms with Crippen LogP contribution in [0.1, 0.15) is 32.3 Å². The molecule has 0 unspecified atom stereocenters. The smallest absolute Gasteiger partial charge is 0.407 e. The van der Waals surface area contributed by atoms with Crippen molar-refractivity contribution >= 4 is 18.0 Å². The predicted octanol–water partition coefficient (Wildman–Crippen LogP) is 2.36. The summed E-state index contributed by atoms with van der Waals surface area (Å²) in [5.41, 5.74) is 0.205. The maximum absolute atomic E-state index is 13.1. The number of ether oxygens (including phenoxy) is 1. The zero-order valence-corrected chi connectivity index (χ0v) is 15.8. The first-order valence-corrected chi connectivity index (χ1v) is 9.33. The first kappa shape index (κ1) is 19.2. The Morgan fingerprint density at radius 1 is 1.19 bits per heavy atom. The molecule has 0 bridgehead atoms. The Labute approximate surface area is 158 Å². The second-order valence-corrected chi connectivity index (χ2v) is 7.77. The highest BCUT2D eigenvalue weighted by atomic mass is 16.5. The molecule has 27 heavy (non-hydrogen) atoms. The summed E-state index contributed by atoms with van der Waals surface area (Å²) < 4.78 is 5.49. The Hall–Kier alpha value is -2.57. The lowest BCUT2D eigenvalue weighted by Gasteiger charge is -2.31. The number of hydrogen-bond donors (Lipinski definition) is 1. The number of rotatable bonds is 5. The van der Waals surface area contributed by atoms with Crippen LogP contribution in [0.2, 0.25) is 0 Å². The van der Waals surface area contributed by atoms with Crippen LogP contribution in [-0.4, -0.2) is 58.6 Å². The monoisotopic (exact) mass is 374 g/mol. The molecule has 7 nitrogen and oxygen atoms in total. The van der Waals surface area contributed by atoms with Gasteiger partial charge in [0.25, 0.3) is 0 Å². The highest BCUT2D eigenvalue weighted by molar-refractivity contribution is 5.91. The van der Waals surface area contributed by atoms with Gasteiger partial charge in [-0.25, -0.2) is 9.59 Å². The lowest BCUT2D eigenvalue weighted by molar-refractivity contribution is -0.158. The standard InChI is InChI=1S/C20H26N2O5/c1-14(2)16(17(23)27-12-15-6-4-3-5-7-15)22-11-9-20(18(22)24)8-10-21(13-20)19(25)26/h3-7,14,16H,8-13H2,1-2H3,(H,25,26)/t16-,20-/m0/s1. The molecule has 0 aliphatic carbocycles. The molecule has 1 spiro atoms. The molecular formula is C20H26N2O5. The molecule has 3 rings (SSSR count). The number of amides is 2. The van der Waals surface area contributed by atoms with Crippen LogP contribution in [-0.2, 0) is 20.9 Å². The largest absolute Gasteiger partial charge is 0.465 e. The minimum Gasteiger partial charge on any atom is -0.465 e. The van der Waals surface area contributed by atoms with E-state index in [1.807, 2.05) is 44.2 Å². The van der Waals surface area contributed by atoms with Gasteiger partial charge in [-0.05, 0) is 24.3 Å². The number of benzene rings is 1. The summed E-state index contributed by atoms with van der Waals surface area (Å²) in [7, 11) is 0. The van der Waals surface area contributed by atoms with Gasteiger partial charge >= 0.3 is 12.1 Å². The van der Waals surface area contributed by atoms with E-state index in [4.69, 9.17) is 4.74 Å². The minimum absolute atomic E-state index is 0.0932. The molecule has 2 saturated heterocycles. The molecule has 1 N–H and O–H groups in total. The fourth-order valence-corrected chi connectivity index (χ4v) is 4.10. The van der Waals surface area contributed by atoms with E-state index in [0.717, 1.165) is 5.56 Å². The van der Waals surface area contributed by atoms with E-state index in [1.54, 1.807) is 4.90 Å². The predicted molar refractivity (Wildman–Crippen MR) is 97.8 cm³/mol. The number of esters is 1. The van der Waals surface area contributed by atoms with Crippen LogP contribution >= 0.6 is 0 Å². The van der Waals surface area contributed by atoms with E-state index in [1.165, 1.54) is 4.90 Å². The van der Waals surface area contributed by atoms with Gasteiger partial charge in [0.05, 0.1) is 5.41 Å². The van der Waals surface area contributed by atoms with Crippen molar-refractivity contribution in [3.8, 4) is 0 Å². The van der Waals surface area contributed by atoms with Gasteiger partial charge in [-0.2, -0.15) is 0 Å². The third kappa shape index (κ3) is 3.77. The SMILES string of the molecule is CC(C)[C@@H](C(=O)OCc1ccccc1)N1CC[C@]2(CCN(C(=O)O)C2)C1=O. The molecule has 146 valence electrons. The van der Waals surface area contributed by atoms with Gasteiger partial charge in [-0.15, -0.1) is 0 Å². The van der Waals surface area contributed by atoms with E-state index in [9.17, 15) is 19.5 Å². The number of nitrogens with zero attached hydrogens (tertiary/aromatic N) is 2. The number of carbonyl (C=O) groups is 3. The Balaban J connectivity index is 1.69. The molecule has 2 amide bonds. The Morgan fingerprint density at radius 3 is 2.44 bits per heavy atom. The minimum atomic E-state index is -0.999. The van der Waals surface area contributed by atoms with Crippen molar-refractivity contribution in [1.82, 2.24) is 9.80 Å². The average Bonchev–Trinajstić information content (AvgIpc) is 3.21. The van der Waals surface area contributed by atoms with Crippen molar-refractivity contribution in [1.29, 1.82) is 0 Å². The van der Waals surface area contributed by atoms with Crippen LogP contribution in [0, 0.1) is 11.3 Å². The third-order valence-corrected chi connectivity index (χ3v) is 5.60. The lowest BCUT2D eigenvalue weighted by Crippen LogP contribution is -2.49. The summed E-state index contributed by atoms with van der Waals surface area (Å²) in [6, 6.07) is 8.77. The van der Waals surface area contributed by atoms with Gasteiger partial charge in [0.2, 0.25) is 5.91 Å². The van der Waals surface area contributed by atoms with E-state index < -0.39 is 23.5 Å². The van der Waals surface area contributed by atoms with E-state index in [0.29, 0.717) is 25.9 Å². The van der Waals surface area contributed by atoms with Crippen LogP contribution in [0.5, 0.6) is 0 Å². The quantitative estimate of drug-likeness (QED) is 0.800. The molecule has 2 heterocycles. The molecule has 2 atom stereocenters. The van der Waals surface area contributed by atoms with Gasteiger partial charge in [0.1, 0.15) is 12.6 Å². The van der Waals surface area contributed by atoms with Crippen LogP contribution in [0.3, 0.4) is 0 Å². The lowest BCUT2D eigenvalue weighted by atomic mass is 9.85. The van der Waals surface area contributed by atoms with E-state index >= 15 is 0 Å². The van der Waals surface area contributed by atoms with Crippen molar-refractivity contribution < 1.29 is 24.2 Å². The highest BCUT2D eigenvalue weighted by Gasteiger charge is 2.54. The molecule has 1 aromatic carbocycles. The zero-order chi connectivity index (χ0) is 19.6. The number of likely N-dealkylation sites (tertiary alicyclic amines) is 2. The summed E-state index contributed by atoms with van der Waals surface area (Å²) in [4.78, 5) is 40.0. The fraction of sp³-hybridized carbons (Fsp3) is 0.550. The van der Waals surface area contributed by atoms with E-state index in [2.05, 4.69) is 0 Å². The molecule has 0 aromatic heterocycles. The second-order valence-electron chi connectivity index (χ2n) is 7.77. The molecule has 0 saturated carbocycles. The number of carboxylic acid groups (broad SMARTS) is 1. The van der Waals surface area contributed by atoms with Crippen molar-refractivity contribution in [3.63, 3.8) is 0 Å². The molecule has 2 aliphatic rings. The van der Waals surface area contributed by atoms with Gasteiger partial charge in [-0.1, -0.05) is 44.2 Å². The van der Waals surface area contributed by atoms with Crippen molar-refractivity contribution in [3.05, 3.63) is 35.9 Å². The first-order chi connectivity index (χ1) is 12.8.